The molecule has 2 aromatic carbocycles. The average molecular weight is 563 g/mol. The molecule has 3 rings (SSSR count). The molecule has 1 amide bonds. The van der Waals surface area contributed by atoms with Crippen LogP contribution in [0.25, 0.3) is 0 Å². The Kier molecular flexibility index (Phi) is 7.30. The summed E-state index contributed by atoms with van der Waals surface area (Å²) >= 11 is 1.91. The van der Waals surface area contributed by atoms with Crippen LogP contribution in [0.4, 0.5) is 24.5 Å². The Bertz CT molecular complexity index is 1050. The first-order valence-electron chi connectivity index (χ1n) is 9.57. The molecule has 1 heterocycles. The molecule has 11 heteroatoms. The molecule has 3 N–H and O–H groups in total. The van der Waals surface area contributed by atoms with Crippen molar-refractivity contribution in [1.29, 1.82) is 0 Å². The second kappa shape index (κ2) is 9.63. The fourth-order valence-electron chi connectivity index (χ4n) is 3.27. The van der Waals surface area contributed by atoms with Crippen molar-refractivity contribution >= 4 is 45.8 Å². The molecule has 1 fully saturated rings. The van der Waals surface area contributed by atoms with Crippen molar-refractivity contribution in [2.75, 3.05) is 32.1 Å². The zero-order valence-electron chi connectivity index (χ0n) is 17.2. The lowest BCUT2D eigenvalue weighted by Crippen LogP contribution is -2.68. The molecule has 1 aliphatic heterocycles. The number of carbonyl (C=O) groups is 2. The van der Waals surface area contributed by atoms with Gasteiger partial charge in [0.1, 0.15) is 17.5 Å². The van der Waals surface area contributed by atoms with E-state index in [0.29, 0.717) is 3.57 Å². The van der Waals surface area contributed by atoms with Crippen molar-refractivity contribution in [2.45, 2.75) is 18.6 Å². The Labute approximate surface area is 196 Å². The summed E-state index contributed by atoms with van der Waals surface area (Å²) in [7, 11) is 1.24. The molecular formula is C21H21F3IN3O4. The predicted octanol–water partition coefficient (Wildman–Crippen LogP) is 2.79. The van der Waals surface area contributed by atoms with E-state index in [1.54, 1.807) is 13.0 Å². The zero-order chi connectivity index (χ0) is 23.6. The van der Waals surface area contributed by atoms with Crippen LogP contribution in [0.5, 0.6) is 0 Å². The monoisotopic (exact) mass is 563 g/mol. The number of ether oxygens (including phenoxy) is 1. The largest absolute Gasteiger partial charge is 0.468 e. The highest BCUT2D eigenvalue weighted by Gasteiger charge is 2.44. The molecular weight excluding hydrogens is 542 g/mol. The van der Waals surface area contributed by atoms with Crippen LogP contribution in [0.3, 0.4) is 0 Å². The average Bonchev–Trinajstić information content (AvgIpc) is 2.74. The molecule has 2 aromatic rings. The van der Waals surface area contributed by atoms with Gasteiger partial charge in [-0.15, -0.1) is 0 Å². The molecule has 1 aliphatic rings. The highest BCUT2D eigenvalue weighted by Crippen LogP contribution is 2.31. The summed E-state index contributed by atoms with van der Waals surface area (Å²) in [6.45, 7) is 1.40. The molecule has 1 saturated heterocycles. The van der Waals surface area contributed by atoms with Gasteiger partial charge in [0.2, 0.25) is 0 Å². The van der Waals surface area contributed by atoms with E-state index in [1.807, 2.05) is 22.6 Å². The lowest BCUT2D eigenvalue weighted by atomic mass is 9.92. The maximum Gasteiger partial charge on any atom is 0.322 e. The van der Waals surface area contributed by atoms with Gasteiger partial charge in [-0.25, -0.2) is 13.2 Å². The molecule has 0 bridgehead atoms. The molecule has 0 spiro atoms. The van der Waals surface area contributed by atoms with E-state index in [1.165, 1.54) is 24.1 Å². The van der Waals surface area contributed by atoms with E-state index < -0.39 is 46.7 Å². The number of rotatable bonds is 7. The zero-order valence-corrected chi connectivity index (χ0v) is 19.4. The Morgan fingerprint density at radius 2 is 1.91 bits per heavy atom. The summed E-state index contributed by atoms with van der Waals surface area (Å²) in [6.07, 6.45) is 0. The molecule has 1 atom stereocenters. The first-order chi connectivity index (χ1) is 15.0. The van der Waals surface area contributed by atoms with Gasteiger partial charge in [-0.05, 0) is 59.8 Å². The van der Waals surface area contributed by atoms with Gasteiger partial charge in [-0.3, -0.25) is 9.59 Å². The van der Waals surface area contributed by atoms with Crippen molar-refractivity contribution in [2.24, 2.45) is 0 Å². The highest BCUT2D eigenvalue weighted by atomic mass is 127. The maximum atomic E-state index is 14.5. The minimum Gasteiger partial charge on any atom is -0.468 e. The van der Waals surface area contributed by atoms with Crippen LogP contribution in [-0.4, -0.2) is 60.3 Å². The van der Waals surface area contributed by atoms with E-state index in [9.17, 15) is 27.9 Å². The van der Waals surface area contributed by atoms with Crippen LogP contribution < -0.4 is 10.6 Å². The summed E-state index contributed by atoms with van der Waals surface area (Å²) in [6, 6.07) is 5.39. The van der Waals surface area contributed by atoms with Crippen molar-refractivity contribution in [3.05, 3.63) is 56.9 Å². The van der Waals surface area contributed by atoms with Crippen molar-refractivity contribution in [1.82, 2.24) is 10.2 Å². The predicted molar refractivity (Wildman–Crippen MR) is 119 cm³/mol. The number of nitrogens with one attached hydrogen (secondary N) is 2. The number of halogens is 4. The third kappa shape index (κ3) is 5.15. The van der Waals surface area contributed by atoms with Crippen LogP contribution in [0.1, 0.15) is 17.3 Å². The Morgan fingerprint density at radius 1 is 1.22 bits per heavy atom. The highest BCUT2D eigenvalue weighted by molar-refractivity contribution is 14.1. The summed E-state index contributed by atoms with van der Waals surface area (Å²) in [5, 5.41) is 15.8. The number of aliphatic hydroxyl groups is 1. The van der Waals surface area contributed by atoms with Gasteiger partial charge in [0.05, 0.1) is 37.1 Å². The van der Waals surface area contributed by atoms with E-state index in [-0.39, 0.29) is 30.9 Å². The van der Waals surface area contributed by atoms with Gasteiger partial charge < -0.3 is 25.4 Å². The minimum absolute atomic E-state index is 0.0177. The second-order valence-corrected chi connectivity index (χ2v) is 8.79. The fourth-order valence-corrected chi connectivity index (χ4v) is 3.72. The van der Waals surface area contributed by atoms with Gasteiger partial charge in [-0.2, -0.15) is 0 Å². The number of likely N-dealkylation sites (tertiary alicyclic amines) is 1. The number of methoxy groups -OCH3 is 1. The normalized spacial score (nSPS) is 15.7. The Morgan fingerprint density at radius 3 is 2.53 bits per heavy atom. The lowest BCUT2D eigenvalue weighted by Gasteiger charge is -2.47. The third-order valence-corrected chi connectivity index (χ3v) is 5.74. The molecule has 0 unspecified atom stereocenters. The summed E-state index contributed by atoms with van der Waals surface area (Å²) < 4.78 is 47.8. The second-order valence-electron chi connectivity index (χ2n) is 7.54. The summed E-state index contributed by atoms with van der Waals surface area (Å²) in [4.78, 5) is 25.6. The van der Waals surface area contributed by atoms with Crippen LogP contribution in [0.15, 0.2) is 30.3 Å². The Hall–Kier alpha value is -2.38. The van der Waals surface area contributed by atoms with Crippen molar-refractivity contribution < 1.29 is 32.6 Å². The topological polar surface area (TPSA) is 90.9 Å². The fraction of sp³-hybridized carbons (Fsp3) is 0.333. The van der Waals surface area contributed by atoms with Gasteiger partial charge >= 0.3 is 5.97 Å². The van der Waals surface area contributed by atoms with Gasteiger partial charge in [-0.1, -0.05) is 0 Å². The number of esters is 1. The number of hydrogen-bond donors (Lipinski definition) is 3. The number of β-amino-alcohol motifs (C(OH)–C–C–N with tert-alkyl or cyclic N) is 1. The summed E-state index contributed by atoms with van der Waals surface area (Å²) in [5.41, 5.74) is -2.13. The number of nitrogens with zero attached hydrogens (tertiary/aromatic N) is 1. The molecule has 0 aliphatic carbocycles. The molecule has 0 aromatic heterocycles. The van der Waals surface area contributed by atoms with E-state index in [2.05, 4.69) is 15.4 Å². The smallest absolute Gasteiger partial charge is 0.322 e. The van der Waals surface area contributed by atoms with Crippen molar-refractivity contribution in [3.8, 4) is 0 Å². The lowest BCUT2D eigenvalue weighted by molar-refractivity contribution is -0.143. The van der Waals surface area contributed by atoms with Crippen molar-refractivity contribution in [3.63, 3.8) is 0 Å². The number of hydrogen-bond acceptors (Lipinski definition) is 6. The van der Waals surface area contributed by atoms with E-state index >= 15 is 0 Å². The van der Waals surface area contributed by atoms with Crippen LogP contribution in [0.2, 0.25) is 0 Å². The maximum absolute atomic E-state index is 14.5. The quantitative estimate of drug-likeness (QED) is 0.355. The van der Waals surface area contributed by atoms with E-state index in [4.69, 9.17) is 0 Å². The molecule has 0 saturated carbocycles. The molecule has 7 nitrogen and oxygen atoms in total. The number of anilines is 2. The first kappa shape index (κ1) is 24.3. The van der Waals surface area contributed by atoms with Gasteiger partial charge in [0, 0.05) is 10.1 Å². The number of amides is 1. The minimum atomic E-state index is -1.32. The van der Waals surface area contributed by atoms with Crippen LogP contribution >= 0.6 is 22.6 Å². The first-order valence-corrected chi connectivity index (χ1v) is 10.7. The molecule has 0 radical (unpaired) electrons. The SMILES string of the molecule is COC(=O)[C@H](C)NCC1(O)CN(C(=O)c2ccc(F)c(F)c2Nc2ccc(I)cc2F)C1. The standard InChI is InChI=1S/C21H21F3IN3O4/c1-11(20(30)32-2)26-8-21(31)9-28(10-21)19(29)13-4-5-14(22)17(24)18(13)27-16-6-3-12(25)7-15(16)23/h3-7,11,26-27,31H,8-10H2,1-2H3/t11-/m0/s1. The van der Waals surface area contributed by atoms with E-state index in [0.717, 1.165) is 12.1 Å². The van der Waals surface area contributed by atoms with Crippen LogP contribution in [0, 0.1) is 21.0 Å². The third-order valence-electron chi connectivity index (χ3n) is 5.07. The molecule has 32 heavy (non-hydrogen) atoms. The number of carbonyl (C=O) groups excluding carboxylic acids is 2. The molecule has 172 valence electrons. The van der Waals surface area contributed by atoms with Gasteiger partial charge in [0.25, 0.3) is 5.91 Å². The van der Waals surface area contributed by atoms with Gasteiger partial charge in [0.15, 0.2) is 11.6 Å². The Balaban J connectivity index is 1.75. The number of benzene rings is 2. The van der Waals surface area contributed by atoms with Crippen LogP contribution in [-0.2, 0) is 9.53 Å². The summed E-state index contributed by atoms with van der Waals surface area (Å²) in [5.74, 6) is -4.37.